The number of methoxy groups -OCH3 is 2. The molecule has 1 N–H and O–H groups in total. The maximum atomic E-state index is 5.39. The summed E-state index contributed by atoms with van der Waals surface area (Å²) in [5.74, 6) is 2.49. The summed E-state index contributed by atoms with van der Waals surface area (Å²) in [6, 6.07) is 6.08. The molecule has 1 heterocycles. The van der Waals surface area contributed by atoms with Crippen LogP contribution in [-0.2, 0) is 5.41 Å². The number of hydrogen-bond donors (Lipinski definition) is 1. The van der Waals surface area contributed by atoms with E-state index in [1.165, 1.54) is 5.56 Å². The fourth-order valence-corrected chi connectivity index (χ4v) is 2.38. The van der Waals surface area contributed by atoms with Crippen molar-refractivity contribution in [2.75, 3.05) is 40.9 Å². The lowest BCUT2D eigenvalue weighted by Crippen LogP contribution is -2.42. The molecule has 5 nitrogen and oxygen atoms in total. The highest BCUT2D eigenvalue weighted by Gasteiger charge is 2.24. The van der Waals surface area contributed by atoms with Crippen molar-refractivity contribution in [1.29, 1.82) is 0 Å². The van der Waals surface area contributed by atoms with Gasteiger partial charge in [0.25, 0.3) is 0 Å². The summed E-state index contributed by atoms with van der Waals surface area (Å²) in [6.45, 7) is 7.08. The van der Waals surface area contributed by atoms with Crippen LogP contribution in [0.5, 0.6) is 11.5 Å². The molecule has 1 aliphatic heterocycles. The maximum Gasteiger partial charge on any atom is 0.193 e. The summed E-state index contributed by atoms with van der Waals surface area (Å²) in [5.41, 5.74) is 1.17. The molecule has 124 valence electrons. The van der Waals surface area contributed by atoms with E-state index in [2.05, 4.69) is 42.2 Å². The minimum absolute atomic E-state index is 0. The molecule has 0 bridgehead atoms. The Bertz CT molecular complexity index is 532. The van der Waals surface area contributed by atoms with Gasteiger partial charge in [-0.05, 0) is 17.7 Å². The van der Waals surface area contributed by atoms with Crippen LogP contribution < -0.4 is 14.8 Å². The third kappa shape index (κ3) is 4.18. The number of rotatable bonds is 5. The molecule has 0 saturated heterocycles. The van der Waals surface area contributed by atoms with E-state index in [1.54, 1.807) is 14.2 Å². The van der Waals surface area contributed by atoms with Crippen LogP contribution in [-0.4, -0.2) is 51.8 Å². The molecule has 0 aliphatic carbocycles. The van der Waals surface area contributed by atoms with E-state index in [4.69, 9.17) is 9.47 Å². The first-order chi connectivity index (χ1) is 9.97. The molecular weight excluding hydrogens is 393 g/mol. The zero-order chi connectivity index (χ0) is 15.5. The maximum absolute atomic E-state index is 5.39. The number of nitrogens with zero attached hydrogens (tertiary/aromatic N) is 2. The van der Waals surface area contributed by atoms with E-state index in [1.807, 2.05) is 12.1 Å². The van der Waals surface area contributed by atoms with Crippen molar-refractivity contribution in [2.45, 2.75) is 19.3 Å². The summed E-state index contributed by atoms with van der Waals surface area (Å²) in [7, 11) is 5.37. The van der Waals surface area contributed by atoms with Crippen LogP contribution in [0.2, 0.25) is 0 Å². The Morgan fingerprint density at radius 1 is 1.23 bits per heavy atom. The van der Waals surface area contributed by atoms with Gasteiger partial charge >= 0.3 is 0 Å². The first-order valence-corrected chi connectivity index (χ1v) is 7.20. The molecular formula is C16H26IN3O2. The van der Waals surface area contributed by atoms with Gasteiger partial charge in [0.05, 0.1) is 20.8 Å². The quantitative estimate of drug-likeness (QED) is 0.746. The molecule has 2 rings (SSSR count). The molecule has 0 amide bonds. The van der Waals surface area contributed by atoms with Gasteiger partial charge in [0, 0.05) is 25.6 Å². The highest BCUT2D eigenvalue weighted by Crippen LogP contribution is 2.32. The van der Waals surface area contributed by atoms with Crippen LogP contribution in [0.3, 0.4) is 0 Å². The van der Waals surface area contributed by atoms with Gasteiger partial charge in [-0.25, -0.2) is 0 Å². The number of guanidine groups is 1. The molecule has 0 atom stereocenters. The average Bonchev–Trinajstić information content (AvgIpc) is 2.89. The molecule has 0 spiro atoms. The fourth-order valence-electron chi connectivity index (χ4n) is 2.38. The average molecular weight is 419 g/mol. The summed E-state index contributed by atoms with van der Waals surface area (Å²) in [5, 5.41) is 3.44. The molecule has 1 aromatic carbocycles. The van der Waals surface area contributed by atoms with E-state index in [0.717, 1.165) is 37.1 Å². The smallest absolute Gasteiger partial charge is 0.193 e. The Hall–Kier alpha value is -1.18. The minimum atomic E-state index is -0.0362. The number of aliphatic imine (C=N–C) groups is 1. The summed E-state index contributed by atoms with van der Waals surface area (Å²) in [4.78, 5) is 6.60. The van der Waals surface area contributed by atoms with Crippen molar-refractivity contribution in [3.05, 3.63) is 23.8 Å². The van der Waals surface area contributed by atoms with Crippen LogP contribution in [0, 0.1) is 0 Å². The topological polar surface area (TPSA) is 46.1 Å². The molecule has 22 heavy (non-hydrogen) atoms. The van der Waals surface area contributed by atoms with Gasteiger partial charge in [-0.3, -0.25) is 4.99 Å². The van der Waals surface area contributed by atoms with Gasteiger partial charge in [-0.1, -0.05) is 19.9 Å². The number of hydrogen-bond acceptors (Lipinski definition) is 5. The van der Waals surface area contributed by atoms with Crippen LogP contribution in [0.25, 0.3) is 0 Å². The van der Waals surface area contributed by atoms with Crippen LogP contribution in [0.15, 0.2) is 23.2 Å². The number of benzene rings is 1. The summed E-state index contributed by atoms with van der Waals surface area (Å²) >= 11 is 0. The van der Waals surface area contributed by atoms with Crippen LogP contribution in [0.1, 0.15) is 19.4 Å². The van der Waals surface area contributed by atoms with Gasteiger partial charge in [0.2, 0.25) is 0 Å². The predicted octanol–water partition coefficient (Wildman–Crippen LogP) is 2.49. The zero-order valence-corrected chi connectivity index (χ0v) is 16.3. The molecule has 0 aromatic heterocycles. The lowest BCUT2D eigenvalue weighted by atomic mass is 9.84. The standard InChI is InChI=1S/C16H25N3O2.HI/c1-16(2,11-18-15-17-8-9-19(15)3)12-6-7-13(20-4)14(10-12)21-5;/h6-7,10H,8-9,11H2,1-5H3,(H,17,18);1H. The van der Waals surface area contributed by atoms with Crippen molar-refractivity contribution in [3.63, 3.8) is 0 Å². The Balaban J connectivity index is 0.00000242. The van der Waals surface area contributed by atoms with Crippen molar-refractivity contribution >= 4 is 29.9 Å². The first kappa shape index (κ1) is 18.9. The summed E-state index contributed by atoms with van der Waals surface area (Å²) in [6.07, 6.45) is 0. The first-order valence-electron chi connectivity index (χ1n) is 7.20. The Labute approximate surface area is 150 Å². The van der Waals surface area contributed by atoms with Gasteiger partial charge in [0.1, 0.15) is 0 Å². The third-order valence-electron chi connectivity index (χ3n) is 3.91. The van der Waals surface area contributed by atoms with E-state index in [0.29, 0.717) is 0 Å². The normalized spacial score (nSPS) is 14.2. The number of ether oxygens (including phenoxy) is 2. The molecule has 1 aromatic rings. The number of halogens is 1. The van der Waals surface area contributed by atoms with Crippen LogP contribution >= 0.6 is 24.0 Å². The monoisotopic (exact) mass is 419 g/mol. The van der Waals surface area contributed by atoms with Crippen molar-refractivity contribution < 1.29 is 9.47 Å². The van der Waals surface area contributed by atoms with Crippen molar-refractivity contribution in [1.82, 2.24) is 10.2 Å². The molecule has 6 heteroatoms. The van der Waals surface area contributed by atoms with E-state index < -0.39 is 0 Å². The van der Waals surface area contributed by atoms with E-state index in [-0.39, 0.29) is 29.4 Å². The zero-order valence-electron chi connectivity index (χ0n) is 14.0. The van der Waals surface area contributed by atoms with Crippen molar-refractivity contribution in [2.24, 2.45) is 4.99 Å². The molecule has 1 aliphatic rings. The lowest BCUT2D eigenvalue weighted by Gasteiger charge is -2.28. The Kier molecular flexibility index (Phi) is 6.77. The second-order valence-electron chi connectivity index (χ2n) is 5.93. The third-order valence-corrected chi connectivity index (χ3v) is 3.91. The Morgan fingerprint density at radius 3 is 2.45 bits per heavy atom. The molecule has 0 radical (unpaired) electrons. The molecule has 0 saturated carbocycles. The number of likely N-dealkylation sites (N-methyl/N-ethyl adjacent to an activating group) is 1. The highest BCUT2D eigenvalue weighted by molar-refractivity contribution is 14.0. The second kappa shape index (κ2) is 7.89. The van der Waals surface area contributed by atoms with Gasteiger partial charge < -0.3 is 19.7 Å². The van der Waals surface area contributed by atoms with Crippen LogP contribution in [0.4, 0.5) is 0 Å². The summed E-state index contributed by atoms with van der Waals surface area (Å²) < 4.78 is 10.7. The molecule has 0 fully saturated rings. The van der Waals surface area contributed by atoms with Gasteiger partial charge in [-0.15, -0.1) is 24.0 Å². The largest absolute Gasteiger partial charge is 0.493 e. The number of nitrogens with one attached hydrogen (secondary N) is 1. The highest BCUT2D eigenvalue weighted by atomic mass is 127. The predicted molar refractivity (Wildman–Crippen MR) is 101 cm³/mol. The minimum Gasteiger partial charge on any atom is -0.493 e. The van der Waals surface area contributed by atoms with Gasteiger partial charge in [-0.2, -0.15) is 0 Å². The van der Waals surface area contributed by atoms with E-state index in [9.17, 15) is 0 Å². The van der Waals surface area contributed by atoms with Crippen molar-refractivity contribution in [3.8, 4) is 11.5 Å². The SMILES string of the molecule is COc1ccc(C(C)(C)CNC2=NCCN2C)cc1OC.I. The van der Waals surface area contributed by atoms with E-state index >= 15 is 0 Å². The fraction of sp³-hybridized carbons (Fsp3) is 0.562. The Morgan fingerprint density at radius 2 is 1.91 bits per heavy atom. The lowest BCUT2D eigenvalue weighted by molar-refractivity contribution is 0.353. The molecule has 0 unspecified atom stereocenters. The second-order valence-corrected chi connectivity index (χ2v) is 5.93. The van der Waals surface area contributed by atoms with Gasteiger partial charge in [0.15, 0.2) is 17.5 Å².